The molecule has 0 unspecified atom stereocenters. The highest BCUT2D eigenvalue weighted by Gasteiger charge is 2.02. The van der Waals surface area contributed by atoms with Crippen LogP contribution in [0.4, 0.5) is 10.1 Å². The Morgan fingerprint density at radius 1 is 1.00 bits per heavy atom. The normalized spacial score (nSPS) is 10.1. The highest BCUT2D eigenvalue weighted by Crippen LogP contribution is 2.26. The zero-order valence-electron chi connectivity index (χ0n) is 10.9. The molecule has 2 aromatic carbocycles. The Kier molecular flexibility index (Phi) is 4.23. The third-order valence-corrected chi connectivity index (χ3v) is 2.74. The van der Waals surface area contributed by atoms with E-state index in [2.05, 4.69) is 5.32 Å². The Morgan fingerprint density at radius 3 is 2.26 bits per heavy atom. The van der Waals surface area contributed by atoms with Crippen molar-refractivity contribution in [2.75, 3.05) is 19.5 Å². The number of nitrogens with one attached hydrogen (secondary N) is 1. The van der Waals surface area contributed by atoms with E-state index >= 15 is 0 Å². The van der Waals surface area contributed by atoms with Gasteiger partial charge in [0.25, 0.3) is 0 Å². The summed E-state index contributed by atoms with van der Waals surface area (Å²) in [7, 11) is 3.20. The van der Waals surface area contributed by atoms with Crippen LogP contribution in [0.25, 0.3) is 0 Å². The molecular formula is C15H16FNO2. The average molecular weight is 261 g/mol. The van der Waals surface area contributed by atoms with Crippen molar-refractivity contribution in [2.24, 2.45) is 0 Å². The minimum atomic E-state index is -0.234. The van der Waals surface area contributed by atoms with Gasteiger partial charge in [0.05, 0.1) is 14.2 Å². The minimum Gasteiger partial charge on any atom is -0.497 e. The van der Waals surface area contributed by atoms with Gasteiger partial charge in [-0.3, -0.25) is 0 Å². The molecule has 0 amide bonds. The Labute approximate surface area is 112 Å². The maximum atomic E-state index is 13.1. The zero-order chi connectivity index (χ0) is 13.7. The second-order valence-corrected chi connectivity index (χ2v) is 4.08. The summed E-state index contributed by atoms with van der Waals surface area (Å²) in [5.74, 6) is 1.18. The summed E-state index contributed by atoms with van der Waals surface area (Å²) >= 11 is 0. The van der Waals surface area contributed by atoms with E-state index < -0.39 is 0 Å². The molecule has 0 saturated carbocycles. The van der Waals surface area contributed by atoms with E-state index in [0.717, 1.165) is 11.3 Å². The monoisotopic (exact) mass is 261 g/mol. The average Bonchev–Trinajstić information content (AvgIpc) is 2.44. The molecule has 0 atom stereocenters. The smallest absolute Gasteiger partial charge is 0.124 e. The van der Waals surface area contributed by atoms with Crippen LogP contribution in [0.5, 0.6) is 11.5 Å². The van der Waals surface area contributed by atoms with Crippen molar-refractivity contribution in [3.63, 3.8) is 0 Å². The molecule has 0 saturated heterocycles. The van der Waals surface area contributed by atoms with Gasteiger partial charge in [-0.2, -0.15) is 0 Å². The van der Waals surface area contributed by atoms with Crippen LogP contribution in [-0.4, -0.2) is 14.2 Å². The Morgan fingerprint density at radius 2 is 1.68 bits per heavy atom. The topological polar surface area (TPSA) is 30.5 Å². The number of hydrogen-bond donors (Lipinski definition) is 1. The van der Waals surface area contributed by atoms with Crippen molar-refractivity contribution in [1.82, 2.24) is 0 Å². The Bertz CT molecular complexity index is 535. The van der Waals surface area contributed by atoms with Gasteiger partial charge in [0.2, 0.25) is 0 Å². The Hall–Kier alpha value is -2.23. The lowest BCUT2D eigenvalue weighted by Gasteiger charge is -2.10. The number of anilines is 1. The molecule has 2 aromatic rings. The van der Waals surface area contributed by atoms with Gasteiger partial charge < -0.3 is 14.8 Å². The van der Waals surface area contributed by atoms with Crippen LogP contribution < -0.4 is 14.8 Å². The van der Waals surface area contributed by atoms with E-state index in [1.165, 1.54) is 12.1 Å². The molecule has 19 heavy (non-hydrogen) atoms. The van der Waals surface area contributed by atoms with Gasteiger partial charge in [-0.1, -0.05) is 12.1 Å². The molecule has 0 aliphatic heterocycles. The van der Waals surface area contributed by atoms with Crippen molar-refractivity contribution >= 4 is 5.69 Å². The fraction of sp³-hybridized carbons (Fsp3) is 0.200. The molecule has 4 heteroatoms. The third-order valence-electron chi connectivity index (χ3n) is 2.74. The van der Waals surface area contributed by atoms with Crippen LogP contribution in [0, 0.1) is 5.82 Å². The zero-order valence-corrected chi connectivity index (χ0v) is 10.9. The van der Waals surface area contributed by atoms with Crippen LogP contribution in [0.1, 0.15) is 5.56 Å². The van der Waals surface area contributed by atoms with Gasteiger partial charge in [0.15, 0.2) is 0 Å². The van der Waals surface area contributed by atoms with Crippen LogP contribution in [0.15, 0.2) is 42.5 Å². The molecule has 0 spiro atoms. The molecule has 0 aliphatic rings. The lowest BCUT2D eigenvalue weighted by Crippen LogP contribution is -2.00. The first-order chi connectivity index (χ1) is 9.21. The summed E-state index contributed by atoms with van der Waals surface area (Å²) < 4.78 is 23.4. The standard InChI is InChI=1S/C15H16FNO2/c1-18-14-7-13(8-15(9-14)19-2)17-10-11-4-3-5-12(16)6-11/h3-9,17H,10H2,1-2H3. The highest BCUT2D eigenvalue weighted by molar-refractivity contribution is 5.54. The van der Waals surface area contributed by atoms with E-state index in [9.17, 15) is 4.39 Å². The molecule has 0 fully saturated rings. The van der Waals surface area contributed by atoms with E-state index in [-0.39, 0.29) is 5.82 Å². The first-order valence-electron chi connectivity index (χ1n) is 5.92. The minimum absolute atomic E-state index is 0.234. The number of halogens is 1. The molecule has 3 nitrogen and oxygen atoms in total. The van der Waals surface area contributed by atoms with E-state index in [0.29, 0.717) is 18.0 Å². The third kappa shape index (κ3) is 3.61. The molecule has 0 heterocycles. The number of benzene rings is 2. The van der Waals surface area contributed by atoms with Crippen molar-refractivity contribution < 1.29 is 13.9 Å². The molecule has 0 aliphatic carbocycles. The van der Waals surface area contributed by atoms with Crippen LogP contribution in [-0.2, 0) is 6.54 Å². The molecule has 0 aromatic heterocycles. The quantitative estimate of drug-likeness (QED) is 0.894. The molecule has 2 rings (SSSR count). The maximum absolute atomic E-state index is 13.1. The lowest BCUT2D eigenvalue weighted by atomic mass is 10.2. The maximum Gasteiger partial charge on any atom is 0.124 e. The van der Waals surface area contributed by atoms with Gasteiger partial charge >= 0.3 is 0 Å². The number of methoxy groups -OCH3 is 2. The highest BCUT2D eigenvalue weighted by atomic mass is 19.1. The second kappa shape index (κ2) is 6.09. The van der Waals surface area contributed by atoms with Crippen LogP contribution in [0.3, 0.4) is 0 Å². The summed E-state index contributed by atoms with van der Waals surface area (Å²) in [6, 6.07) is 12.0. The van der Waals surface area contributed by atoms with E-state index in [1.807, 2.05) is 18.2 Å². The Balaban J connectivity index is 2.10. The number of ether oxygens (including phenoxy) is 2. The van der Waals surface area contributed by atoms with Gasteiger partial charge in [-0.05, 0) is 17.7 Å². The first kappa shape index (κ1) is 13.2. The summed E-state index contributed by atoms with van der Waals surface area (Å²) in [5.41, 5.74) is 1.74. The fourth-order valence-corrected chi connectivity index (χ4v) is 1.76. The van der Waals surface area contributed by atoms with Crippen molar-refractivity contribution in [3.05, 3.63) is 53.8 Å². The predicted molar refractivity (Wildman–Crippen MR) is 73.3 cm³/mol. The predicted octanol–water partition coefficient (Wildman–Crippen LogP) is 3.46. The van der Waals surface area contributed by atoms with Crippen LogP contribution in [0.2, 0.25) is 0 Å². The fourth-order valence-electron chi connectivity index (χ4n) is 1.76. The molecule has 0 radical (unpaired) electrons. The van der Waals surface area contributed by atoms with Gasteiger partial charge in [0.1, 0.15) is 17.3 Å². The van der Waals surface area contributed by atoms with E-state index in [1.54, 1.807) is 26.4 Å². The van der Waals surface area contributed by atoms with Gasteiger partial charge in [-0.15, -0.1) is 0 Å². The van der Waals surface area contributed by atoms with Crippen LogP contribution >= 0.6 is 0 Å². The first-order valence-corrected chi connectivity index (χ1v) is 5.92. The molecular weight excluding hydrogens is 245 g/mol. The molecule has 1 N–H and O–H groups in total. The van der Waals surface area contributed by atoms with Gasteiger partial charge in [0, 0.05) is 30.4 Å². The summed E-state index contributed by atoms with van der Waals surface area (Å²) in [4.78, 5) is 0. The van der Waals surface area contributed by atoms with Crippen molar-refractivity contribution in [3.8, 4) is 11.5 Å². The van der Waals surface area contributed by atoms with E-state index in [4.69, 9.17) is 9.47 Å². The summed E-state index contributed by atoms with van der Waals surface area (Å²) in [6.07, 6.45) is 0. The number of hydrogen-bond acceptors (Lipinski definition) is 3. The largest absolute Gasteiger partial charge is 0.497 e. The van der Waals surface area contributed by atoms with Gasteiger partial charge in [-0.25, -0.2) is 4.39 Å². The van der Waals surface area contributed by atoms with Crippen molar-refractivity contribution in [1.29, 1.82) is 0 Å². The van der Waals surface area contributed by atoms with Crippen molar-refractivity contribution in [2.45, 2.75) is 6.54 Å². The molecule has 0 bridgehead atoms. The number of rotatable bonds is 5. The molecule has 100 valence electrons. The second-order valence-electron chi connectivity index (χ2n) is 4.08. The summed E-state index contributed by atoms with van der Waals surface area (Å²) in [6.45, 7) is 0.536. The summed E-state index contributed by atoms with van der Waals surface area (Å²) in [5, 5.41) is 3.21. The lowest BCUT2D eigenvalue weighted by molar-refractivity contribution is 0.394. The SMILES string of the molecule is COc1cc(NCc2cccc(F)c2)cc(OC)c1.